The fourth-order valence-electron chi connectivity index (χ4n) is 6.44. The van der Waals surface area contributed by atoms with E-state index in [0.29, 0.717) is 16.3 Å². The van der Waals surface area contributed by atoms with Gasteiger partial charge in [0.15, 0.2) is 6.19 Å². The summed E-state index contributed by atoms with van der Waals surface area (Å²) in [7, 11) is 0. The number of aliphatic imine (C=N–C) groups is 1. The van der Waals surface area contributed by atoms with Crippen molar-refractivity contribution in [2.75, 3.05) is 19.7 Å². The number of benzene rings is 4. The van der Waals surface area contributed by atoms with Crippen molar-refractivity contribution in [2.24, 2.45) is 10.1 Å². The molecule has 0 radical (unpaired) electrons. The summed E-state index contributed by atoms with van der Waals surface area (Å²) < 4.78 is 35.9. The molecular weight excluding hydrogens is 713 g/mol. The van der Waals surface area contributed by atoms with Gasteiger partial charge in [-0.15, -0.1) is 0 Å². The van der Waals surface area contributed by atoms with Gasteiger partial charge in [-0.05, 0) is 53.4 Å². The van der Waals surface area contributed by atoms with Crippen LogP contribution in [0.3, 0.4) is 0 Å². The largest absolute Gasteiger partial charge is 0.465 e. The molecule has 0 saturated heterocycles. The van der Waals surface area contributed by atoms with E-state index in [9.17, 15) is 23.6 Å². The zero-order valence-electron chi connectivity index (χ0n) is 27.8. The number of alkyl halides is 2. The number of hydrogen-bond acceptors (Lipinski definition) is 7. The van der Waals surface area contributed by atoms with Crippen LogP contribution in [0.1, 0.15) is 42.4 Å². The number of nitriles is 1. The van der Waals surface area contributed by atoms with Gasteiger partial charge in [0.1, 0.15) is 12.4 Å². The molecule has 1 N–H and O–H groups in total. The predicted octanol–water partition coefficient (Wildman–Crippen LogP) is 7.73. The van der Waals surface area contributed by atoms with Crippen molar-refractivity contribution in [2.45, 2.75) is 38.3 Å². The highest BCUT2D eigenvalue weighted by atomic mass is 35.5. The highest BCUT2D eigenvalue weighted by Gasteiger charge is 2.37. The van der Waals surface area contributed by atoms with E-state index in [4.69, 9.17) is 33.0 Å². The maximum Gasteiger partial charge on any atom is 0.387 e. The molecule has 1 atom stereocenters. The van der Waals surface area contributed by atoms with Gasteiger partial charge in [0.2, 0.25) is 11.9 Å². The first-order valence-electron chi connectivity index (χ1n) is 16.4. The third-order valence-electron chi connectivity index (χ3n) is 8.75. The number of guanidine groups is 1. The average molecular weight is 746 g/mol. The summed E-state index contributed by atoms with van der Waals surface area (Å²) in [6, 6.07) is 26.0. The number of carbonyl (C=O) groups excluding carboxylic acids is 2. The van der Waals surface area contributed by atoms with E-state index >= 15 is 0 Å². The normalized spacial score (nSPS) is 15.1. The molecule has 266 valence electrons. The third-order valence-corrected chi connectivity index (χ3v) is 9.49. The van der Waals surface area contributed by atoms with Crippen LogP contribution in [0.5, 0.6) is 5.75 Å². The average Bonchev–Trinajstić information content (AvgIpc) is 3.71. The molecule has 1 amide bonds. The highest BCUT2D eigenvalue weighted by Crippen LogP contribution is 2.44. The fraction of sp³-hybridized carbons (Fsp3) is 0.237. The molecule has 0 saturated carbocycles. The third kappa shape index (κ3) is 8.01. The van der Waals surface area contributed by atoms with Crippen LogP contribution in [-0.4, -0.2) is 65.8 Å². The molecule has 10 nitrogen and oxygen atoms in total. The fourth-order valence-corrected chi connectivity index (χ4v) is 6.73. The Kier molecular flexibility index (Phi) is 11.3. The molecule has 0 fully saturated rings. The first-order chi connectivity index (χ1) is 25.2. The van der Waals surface area contributed by atoms with Gasteiger partial charge >= 0.3 is 12.6 Å². The highest BCUT2D eigenvalue weighted by molar-refractivity contribution is 6.42. The number of nitrogens with zero attached hydrogens (tertiary/aromatic N) is 5. The van der Waals surface area contributed by atoms with Gasteiger partial charge in [0.25, 0.3) is 0 Å². The Hall–Kier alpha value is -5.51. The first kappa shape index (κ1) is 36.3. The summed E-state index contributed by atoms with van der Waals surface area (Å²) in [5.41, 5.74) is 5.61. The van der Waals surface area contributed by atoms with Crippen molar-refractivity contribution in [1.82, 2.24) is 15.2 Å². The van der Waals surface area contributed by atoms with Crippen molar-refractivity contribution in [1.29, 1.82) is 5.26 Å². The van der Waals surface area contributed by atoms with Crippen LogP contribution < -0.4 is 10.1 Å². The summed E-state index contributed by atoms with van der Waals surface area (Å²) in [4.78, 5) is 32.8. The second-order valence-electron chi connectivity index (χ2n) is 11.8. The van der Waals surface area contributed by atoms with Crippen LogP contribution in [0, 0.1) is 11.5 Å². The lowest BCUT2D eigenvalue weighted by atomic mass is 9.98. The molecule has 14 heteroatoms. The minimum Gasteiger partial charge on any atom is -0.465 e. The molecule has 4 aromatic carbocycles. The quantitative estimate of drug-likeness (QED) is 0.0549. The van der Waals surface area contributed by atoms with E-state index in [0.717, 1.165) is 22.3 Å². The van der Waals surface area contributed by atoms with Gasteiger partial charge in [0, 0.05) is 30.5 Å². The van der Waals surface area contributed by atoms with Crippen molar-refractivity contribution in [3.05, 3.63) is 118 Å². The number of likely N-dealkylation sites (N-methyl/N-ethyl adjacent to an activating group) is 1. The first-order valence-corrected chi connectivity index (χ1v) is 17.2. The topological polar surface area (TPSA) is 120 Å². The number of fused-ring (bicyclic) bond motifs is 3. The number of hydrogen-bond donors (Lipinski definition) is 1. The standard InChI is InChI=1S/C38H32Cl2F2N6O4/c1-2-47(34(49)16-17-35(50)51-21-30-28-12-5-3-10-26(28)27-11-4-6-13-29(27)30)33-20-48(46-36(33)23-14-15-31(39)32(40)18-23)38(44-22-43)45-24-8-7-9-25(19-24)52-37(41)42/h3-15,18-19,30,33,37H,2,16-17,20-21H2,1H3,(H,44,45). The number of carbonyl (C=O) groups is 2. The van der Waals surface area contributed by atoms with Crippen molar-refractivity contribution in [3.63, 3.8) is 0 Å². The maximum atomic E-state index is 13.8. The molecule has 4 aromatic rings. The molecule has 6 rings (SSSR count). The molecule has 52 heavy (non-hydrogen) atoms. The molecule has 1 aliphatic carbocycles. The summed E-state index contributed by atoms with van der Waals surface area (Å²) in [5, 5.41) is 18.8. The molecule has 1 aliphatic heterocycles. The van der Waals surface area contributed by atoms with Gasteiger partial charge in [-0.3, -0.25) is 14.9 Å². The summed E-state index contributed by atoms with van der Waals surface area (Å²) in [6.07, 6.45) is 1.57. The summed E-state index contributed by atoms with van der Waals surface area (Å²) in [5.74, 6) is -1.07. The van der Waals surface area contributed by atoms with E-state index in [1.54, 1.807) is 36.1 Å². The minimum atomic E-state index is -3.03. The van der Waals surface area contributed by atoms with Crippen molar-refractivity contribution < 1.29 is 27.8 Å². The zero-order chi connectivity index (χ0) is 36.8. The summed E-state index contributed by atoms with van der Waals surface area (Å²) >= 11 is 12.6. The van der Waals surface area contributed by atoms with Crippen LogP contribution in [0.25, 0.3) is 11.1 Å². The van der Waals surface area contributed by atoms with Crippen LogP contribution in [0.2, 0.25) is 10.0 Å². The number of esters is 1. The number of nitrogens with one attached hydrogen (secondary N) is 1. The lowest BCUT2D eigenvalue weighted by Crippen LogP contribution is -2.48. The van der Waals surface area contributed by atoms with E-state index < -0.39 is 18.6 Å². The lowest BCUT2D eigenvalue weighted by Gasteiger charge is -2.29. The lowest BCUT2D eigenvalue weighted by molar-refractivity contribution is -0.146. The molecule has 2 aliphatic rings. The van der Waals surface area contributed by atoms with E-state index in [-0.39, 0.29) is 66.8 Å². The van der Waals surface area contributed by atoms with Gasteiger partial charge < -0.3 is 14.4 Å². The molecule has 1 unspecified atom stereocenters. The Morgan fingerprint density at radius 3 is 2.37 bits per heavy atom. The molecular formula is C38H32Cl2F2N6O4. The number of amides is 1. The van der Waals surface area contributed by atoms with Crippen LogP contribution in [-0.2, 0) is 14.3 Å². The van der Waals surface area contributed by atoms with Crippen molar-refractivity contribution in [3.8, 4) is 23.1 Å². The smallest absolute Gasteiger partial charge is 0.387 e. The number of rotatable bonds is 11. The molecule has 0 aromatic heterocycles. The van der Waals surface area contributed by atoms with Gasteiger partial charge in [-0.25, -0.2) is 10.0 Å². The Balaban J connectivity index is 1.19. The Bertz CT molecular complexity index is 2040. The molecule has 0 spiro atoms. The van der Waals surface area contributed by atoms with E-state index in [2.05, 4.69) is 27.2 Å². The van der Waals surface area contributed by atoms with E-state index in [1.807, 2.05) is 42.6 Å². The molecule has 1 heterocycles. The second kappa shape index (κ2) is 16.2. The van der Waals surface area contributed by atoms with Gasteiger partial charge in [-0.2, -0.15) is 19.1 Å². The SMILES string of the molecule is CCN(C(=O)CCC(=O)OCC1c2ccccc2-c2ccccc21)C1CN(C(=Nc2cccc(OC(F)F)c2)NC#N)N=C1c1ccc(Cl)c(Cl)c1. The van der Waals surface area contributed by atoms with Gasteiger partial charge in [-0.1, -0.05) is 83.9 Å². The predicted molar refractivity (Wildman–Crippen MR) is 194 cm³/mol. The van der Waals surface area contributed by atoms with E-state index in [1.165, 1.54) is 23.2 Å². The van der Waals surface area contributed by atoms with Crippen LogP contribution in [0.4, 0.5) is 14.5 Å². The van der Waals surface area contributed by atoms with Gasteiger partial charge in [0.05, 0.1) is 40.5 Å². The number of hydrazone groups is 1. The number of ether oxygens (including phenoxy) is 2. The monoisotopic (exact) mass is 744 g/mol. The zero-order valence-corrected chi connectivity index (χ0v) is 29.3. The Morgan fingerprint density at radius 1 is 1.00 bits per heavy atom. The number of halogens is 4. The second-order valence-corrected chi connectivity index (χ2v) is 12.7. The van der Waals surface area contributed by atoms with Crippen LogP contribution in [0.15, 0.2) is 101 Å². The summed E-state index contributed by atoms with van der Waals surface area (Å²) in [6.45, 7) is -0.767. The van der Waals surface area contributed by atoms with Crippen LogP contribution >= 0.6 is 23.2 Å². The van der Waals surface area contributed by atoms with Crippen molar-refractivity contribution >= 4 is 52.4 Å². The molecule has 0 bridgehead atoms. The Labute approximate surface area is 308 Å². The maximum absolute atomic E-state index is 13.8. The minimum absolute atomic E-state index is 0.0288. The Morgan fingerprint density at radius 2 is 1.71 bits per heavy atom.